The van der Waals surface area contributed by atoms with E-state index in [-0.39, 0.29) is 5.82 Å². The lowest BCUT2D eigenvalue weighted by molar-refractivity contribution is 0.331. The normalized spacial score (nSPS) is 10.3. The Kier molecular flexibility index (Phi) is 5.22. The summed E-state index contributed by atoms with van der Waals surface area (Å²) in [5.41, 5.74) is 1.01. The van der Waals surface area contributed by atoms with E-state index >= 15 is 0 Å². The van der Waals surface area contributed by atoms with E-state index < -0.39 is 0 Å². The third-order valence-electron chi connectivity index (χ3n) is 2.45. The molecule has 0 aliphatic carbocycles. The summed E-state index contributed by atoms with van der Waals surface area (Å²) in [5, 5.41) is 3.23. The second-order valence-electron chi connectivity index (χ2n) is 3.83. The fourth-order valence-electron chi connectivity index (χ4n) is 1.53. The molecule has 2 aromatic carbocycles. The zero-order chi connectivity index (χ0) is 13.7. The number of ether oxygens (including phenoxy) is 1. The summed E-state index contributed by atoms with van der Waals surface area (Å²) >= 11 is 6.55. The van der Waals surface area contributed by atoms with Crippen molar-refractivity contribution in [1.29, 1.82) is 0 Å². The fourth-order valence-corrected chi connectivity index (χ4v) is 2.20. The number of hydrogen-bond donors (Lipinski definition) is 1. The molecule has 0 aliphatic rings. The minimum absolute atomic E-state index is 0.323. The summed E-state index contributed by atoms with van der Waals surface area (Å²) in [6, 6.07) is 12.6. The SMILES string of the molecule is Fc1cc(OCCNc2ccccc2Br)ccc1Br. The van der Waals surface area contributed by atoms with Gasteiger partial charge in [0.15, 0.2) is 0 Å². The molecule has 100 valence electrons. The molecule has 2 nitrogen and oxygen atoms in total. The smallest absolute Gasteiger partial charge is 0.141 e. The van der Waals surface area contributed by atoms with Crippen molar-refractivity contribution in [3.05, 3.63) is 57.2 Å². The molecule has 0 aliphatic heterocycles. The Bertz CT molecular complexity index is 563. The summed E-state index contributed by atoms with van der Waals surface area (Å²) in [5.74, 6) is 0.200. The lowest BCUT2D eigenvalue weighted by Crippen LogP contribution is -2.11. The van der Waals surface area contributed by atoms with Gasteiger partial charge in [-0.2, -0.15) is 0 Å². The molecular weight excluding hydrogens is 377 g/mol. The average molecular weight is 389 g/mol. The summed E-state index contributed by atoms with van der Waals surface area (Å²) in [6.45, 7) is 1.10. The second-order valence-corrected chi connectivity index (χ2v) is 5.54. The van der Waals surface area contributed by atoms with Crippen molar-refractivity contribution in [3.8, 4) is 5.75 Å². The quantitative estimate of drug-likeness (QED) is 0.740. The van der Waals surface area contributed by atoms with Crippen molar-refractivity contribution in [3.63, 3.8) is 0 Å². The van der Waals surface area contributed by atoms with Gasteiger partial charge in [-0.3, -0.25) is 0 Å². The van der Waals surface area contributed by atoms with E-state index in [4.69, 9.17) is 4.74 Å². The first-order valence-corrected chi connectivity index (χ1v) is 7.31. The molecule has 0 radical (unpaired) electrons. The van der Waals surface area contributed by atoms with Gasteiger partial charge in [0.05, 0.1) is 4.47 Å². The molecule has 0 saturated heterocycles. The Balaban J connectivity index is 1.81. The van der Waals surface area contributed by atoms with E-state index in [1.807, 2.05) is 24.3 Å². The molecule has 1 N–H and O–H groups in total. The first kappa shape index (κ1) is 14.3. The molecule has 0 saturated carbocycles. The molecule has 0 spiro atoms. The van der Waals surface area contributed by atoms with Crippen molar-refractivity contribution < 1.29 is 9.13 Å². The molecule has 0 amide bonds. The minimum atomic E-state index is -0.323. The predicted molar refractivity (Wildman–Crippen MR) is 82.2 cm³/mol. The zero-order valence-electron chi connectivity index (χ0n) is 10.00. The van der Waals surface area contributed by atoms with E-state index in [9.17, 15) is 4.39 Å². The Labute approximate surface area is 128 Å². The van der Waals surface area contributed by atoms with Gasteiger partial charge in [0.1, 0.15) is 18.2 Å². The van der Waals surface area contributed by atoms with Crippen molar-refractivity contribution in [2.24, 2.45) is 0 Å². The lowest BCUT2D eigenvalue weighted by Gasteiger charge is -2.10. The first-order chi connectivity index (χ1) is 9.16. The van der Waals surface area contributed by atoms with Crippen LogP contribution in [0, 0.1) is 5.82 Å². The Morgan fingerprint density at radius 2 is 1.84 bits per heavy atom. The van der Waals surface area contributed by atoms with Gasteiger partial charge in [-0.15, -0.1) is 0 Å². The molecular formula is C14H12Br2FNO. The van der Waals surface area contributed by atoms with Gasteiger partial charge in [0.2, 0.25) is 0 Å². The van der Waals surface area contributed by atoms with Crippen LogP contribution in [0.4, 0.5) is 10.1 Å². The molecule has 19 heavy (non-hydrogen) atoms. The van der Waals surface area contributed by atoms with Gasteiger partial charge >= 0.3 is 0 Å². The van der Waals surface area contributed by atoms with Crippen LogP contribution in [0.1, 0.15) is 0 Å². The third kappa shape index (κ3) is 4.21. The maximum atomic E-state index is 13.3. The molecule has 5 heteroatoms. The van der Waals surface area contributed by atoms with Crippen LogP contribution in [-0.2, 0) is 0 Å². The van der Waals surface area contributed by atoms with E-state index in [2.05, 4.69) is 37.2 Å². The standard InChI is InChI=1S/C14H12Br2FNO/c15-11-6-5-10(9-13(11)17)19-8-7-18-14-4-2-1-3-12(14)16/h1-6,9,18H,7-8H2. The van der Waals surface area contributed by atoms with E-state index in [1.54, 1.807) is 12.1 Å². The highest BCUT2D eigenvalue weighted by atomic mass is 79.9. The Morgan fingerprint density at radius 3 is 2.58 bits per heavy atom. The number of anilines is 1. The zero-order valence-corrected chi connectivity index (χ0v) is 13.2. The summed E-state index contributed by atoms with van der Waals surface area (Å²) in [6.07, 6.45) is 0. The molecule has 0 heterocycles. The maximum absolute atomic E-state index is 13.3. The number of para-hydroxylation sites is 1. The summed E-state index contributed by atoms with van der Waals surface area (Å²) in [4.78, 5) is 0. The number of rotatable bonds is 5. The highest BCUT2D eigenvalue weighted by molar-refractivity contribution is 9.10. The van der Waals surface area contributed by atoms with Gasteiger partial charge in [-0.25, -0.2) is 4.39 Å². The molecule has 0 unspecified atom stereocenters. The number of halogens is 3. The number of hydrogen-bond acceptors (Lipinski definition) is 2. The van der Waals surface area contributed by atoms with Crippen LogP contribution in [0.25, 0.3) is 0 Å². The van der Waals surface area contributed by atoms with Gasteiger partial charge < -0.3 is 10.1 Å². The van der Waals surface area contributed by atoms with Crippen molar-refractivity contribution >= 4 is 37.5 Å². The van der Waals surface area contributed by atoms with Crippen molar-refractivity contribution in [1.82, 2.24) is 0 Å². The molecule has 0 bridgehead atoms. The number of nitrogens with one attached hydrogen (secondary N) is 1. The number of benzene rings is 2. The van der Waals surface area contributed by atoms with E-state index in [0.717, 1.165) is 10.2 Å². The van der Waals surface area contributed by atoms with Crippen molar-refractivity contribution in [2.45, 2.75) is 0 Å². The van der Waals surface area contributed by atoms with Crippen LogP contribution in [-0.4, -0.2) is 13.2 Å². The fraction of sp³-hybridized carbons (Fsp3) is 0.143. The largest absolute Gasteiger partial charge is 0.492 e. The summed E-state index contributed by atoms with van der Waals surface area (Å²) in [7, 11) is 0. The third-order valence-corrected chi connectivity index (χ3v) is 3.79. The highest BCUT2D eigenvalue weighted by Crippen LogP contribution is 2.22. The van der Waals surface area contributed by atoms with E-state index in [1.165, 1.54) is 6.07 Å². The molecule has 2 rings (SSSR count). The summed E-state index contributed by atoms with van der Waals surface area (Å²) < 4.78 is 20.2. The topological polar surface area (TPSA) is 21.3 Å². The van der Waals surface area contributed by atoms with Gasteiger partial charge in [0.25, 0.3) is 0 Å². The van der Waals surface area contributed by atoms with Crippen LogP contribution in [0.5, 0.6) is 5.75 Å². The van der Waals surface area contributed by atoms with Crippen molar-refractivity contribution in [2.75, 3.05) is 18.5 Å². The Hall–Kier alpha value is -1.07. The molecule has 2 aromatic rings. The maximum Gasteiger partial charge on any atom is 0.141 e. The molecule has 0 fully saturated rings. The van der Waals surface area contributed by atoms with Crippen LogP contribution < -0.4 is 10.1 Å². The monoisotopic (exact) mass is 387 g/mol. The van der Waals surface area contributed by atoms with Gasteiger partial charge in [0, 0.05) is 22.8 Å². The molecule has 0 atom stereocenters. The first-order valence-electron chi connectivity index (χ1n) is 5.73. The highest BCUT2D eigenvalue weighted by Gasteiger charge is 2.01. The van der Waals surface area contributed by atoms with E-state index in [0.29, 0.717) is 23.4 Å². The Morgan fingerprint density at radius 1 is 1.05 bits per heavy atom. The molecule has 0 aromatic heterocycles. The average Bonchev–Trinajstić information content (AvgIpc) is 2.40. The van der Waals surface area contributed by atoms with Crippen LogP contribution in [0.3, 0.4) is 0 Å². The second kappa shape index (κ2) is 6.91. The van der Waals surface area contributed by atoms with Gasteiger partial charge in [-0.1, -0.05) is 12.1 Å². The minimum Gasteiger partial charge on any atom is -0.492 e. The van der Waals surface area contributed by atoms with Crippen LogP contribution in [0.15, 0.2) is 51.4 Å². The van der Waals surface area contributed by atoms with Crippen LogP contribution >= 0.6 is 31.9 Å². The van der Waals surface area contributed by atoms with Crippen LogP contribution in [0.2, 0.25) is 0 Å². The van der Waals surface area contributed by atoms with Gasteiger partial charge in [-0.05, 0) is 56.1 Å². The predicted octanol–water partition coefficient (Wildman–Crippen LogP) is 4.84. The lowest BCUT2D eigenvalue weighted by atomic mass is 10.3.